The van der Waals surface area contributed by atoms with Gasteiger partial charge in [0.2, 0.25) is 0 Å². The van der Waals surface area contributed by atoms with E-state index in [-0.39, 0.29) is 11.3 Å². The van der Waals surface area contributed by atoms with Crippen molar-refractivity contribution in [3.63, 3.8) is 0 Å². The van der Waals surface area contributed by atoms with Crippen LogP contribution in [0.3, 0.4) is 0 Å². The zero-order chi connectivity index (χ0) is 15.2. The average Bonchev–Trinajstić information content (AvgIpc) is 2.48. The Morgan fingerprint density at radius 3 is 2.43 bits per heavy atom. The van der Waals surface area contributed by atoms with Crippen molar-refractivity contribution in [2.75, 3.05) is 0 Å². The van der Waals surface area contributed by atoms with Crippen molar-refractivity contribution in [2.45, 2.75) is 6.92 Å². The summed E-state index contributed by atoms with van der Waals surface area (Å²) in [5.41, 5.74) is 1.04. The zero-order valence-corrected chi connectivity index (χ0v) is 11.5. The van der Waals surface area contributed by atoms with Gasteiger partial charge in [-0.25, -0.2) is 9.59 Å². The lowest BCUT2D eigenvalue weighted by molar-refractivity contribution is -0.128. The lowest BCUT2D eigenvalue weighted by Gasteiger charge is -2.09. The second-order valence-electron chi connectivity index (χ2n) is 4.33. The Morgan fingerprint density at radius 1 is 1.05 bits per heavy atom. The third kappa shape index (κ3) is 3.79. The second kappa shape index (κ2) is 6.52. The summed E-state index contributed by atoms with van der Waals surface area (Å²) in [6.07, 6.45) is 1.04. The number of para-hydroxylation sites is 1. The highest BCUT2D eigenvalue weighted by molar-refractivity contribution is 5.95. The largest absolute Gasteiger partial charge is 0.423 e. The van der Waals surface area contributed by atoms with Crippen LogP contribution in [0.5, 0.6) is 11.5 Å². The summed E-state index contributed by atoms with van der Waals surface area (Å²) in [6.45, 7) is 5.16. The molecule has 0 atom stereocenters. The van der Waals surface area contributed by atoms with Crippen LogP contribution in [0, 0.1) is 6.92 Å². The fourth-order valence-corrected chi connectivity index (χ4v) is 1.68. The molecule has 2 aromatic carbocycles. The van der Waals surface area contributed by atoms with Gasteiger partial charge in [-0.2, -0.15) is 0 Å². The minimum Gasteiger partial charge on any atom is -0.423 e. The van der Waals surface area contributed by atoms with E-state index in [0.717, 1.165) is 11.6 Å². The molecule has 4 heteroatoms. The molecule has 0 spiro atoms. The quantitative estimate of drug-likeness (QED) is 0.490. The van der Waals surface area contributed by atoms with Gasteiger partial charge in [0.15, 0.2) is 0 Å². The molecular weight excluding hydrogens is 268 g/mol. The summed E-state index contributed by atoms with van der Waals surface area (Å²) >= 11 is 0. The van der Waals surface area contributed by atoms with Gasteiger partial charge in [0, 0.05) is 6.08 Å². The van der Waals surface area contributed by atoms with Gasteiger partial charge in [0.25, 0.3) is 0 Å². The van der Waals surface area contributed by atoms with Gasteiger partial charge in [-0.1, -0.05) is 30.8 Å². The van der Waals surface area contributed by atoms with Gasteiger partial charge in [-0.15, -0.1) is 0 Å². The highest BCUT2D eigenvalue weighted by Crippen LogP contribution is 2.23. The molecule has 0 aliphatic heterocycles. The van der Waals surface area contributed by atoms with Crippen LogP contribution in [0.4, 0.5) is 0 Å². The predicted octanol–water partition coefficient (Wildman–Crippen LogP) is 3.31. The number of ether oxygens (including phenoxy) is 2. The zero-order valence-electron chi connectivity index (χ0n) is 11.5. The maximum absolute atomic E-state index is 12.2. The highest BCUT2D eigenvalue weighted by Gasteiger charge is 2.16. The maximum Gasteiger partial charge on any atom is 0.347 e. The molecule has 0 unspecified atom stereocenters. The van der Waals surface area contributed by atoms with E-state index in [9.17, 15) is 9.59 Å². The van der Waals surface area contributed by atoms with Gasteiger partial charge in [0.1, 0.15) is 17.1 Å². The Morgan fingerprint density at radius 2 is 1.76 bits per heavy atom. The Kier molecular flexibility index (Phi) is 4.51. The fourth-order valence-electron chi connectivity index (χ4n) is 1.68. The number of carbonyl (C=O) groups is 2. The Bertz CT molecular complexity index is 674. The number of hydrogen-bond donors (Lipinski definition) is 0. The third-order valence-corrected chi connectivity index (χ3v) is 2.69. The summed E-state index contributed by atoms with van der Waals surface area (Å²) in [5.74, 6) is -0.646. The molecule has 0 heterocycles. The van der Waals surface area contributed by atoms with Crippen molar-refractivity contribution in [3.05, 3.63) is 72.3 Å². The van der Waals surface area contributed by atoms with E-state index in [1.807, 2.05) is 13.0 Å². The van der Waals surface area contributed by atoms with Crippen molar-refractivity contribution in [1.29, 1.82) is 0 Å². The predicted molar refractivity (Wildman–Crippen MR) is 78.4 cm³/mol. The van der Waals surface area contributed by atoms with Crippen molar-refractivity contribution in [1.82, 2.24) is 0 Å². The lowest BCUT2D eigenvalue weighted by atomic mass is 10.1. The van der Waals surface area contributed by atoms with Crippen molar-refractivity contribution in [2.24, 2.45) is 0 Å². The molecule has 0 aromatic heterocycles. The first-order valence-electron chi connectivity index (χ1n) is 6.32. The molecule has 0 saturated heterocycles. The van der Waals surface area contributed by atoms with Gasteiger partial charge < -0.3 is 9.47 Å². The third-order valence-electron chi connectivity index (χ3n) is 2.69. The number of carbonyl (C=O) groups excluding carboxylic acids is 2. The van der Waals surface area contributed by atoms with Crippen molar-refractivity contribution < 1.29 is 19.1 Å². The Labute approximate surface area is 122 Å². The first-order valence-corrected chi connectivity index (χ1v) is 6.32. The van der Waals surface area contributed by atoms with Gasteiger partial charge in [0.05, 0.1) is 0 Å². The summed E-state index contributed by atoms with van der Waals surface area (Å²) in [6, 6.07) is 13.6. The molecule has 106 valence electrons. The molecule has 0 fully saturated rings. The van der Waals surface area contributed by atoms with E-state index in [1.54, 1.807) is 42.5 Å². The van der Waals surface area contributed by atoms with E-state index in [4.69, 9.17) is 9.47 Å². The molecule has 0 saturated carbocycles. The van der Waals surface area contributed by atoms with E-state index in [0.29, 0.717) is 5.75 Å². The van der Waals surface area contributed by atoms with E-state index in [2.05, 4.69) is 6.58 Å². The van der Waals surface area contributed by atoms with Crippen molar-refractivity contribution >= 4 is 11.9 Å². The van der Waals surface area contributed by atoms with Crippen LogP contribution in [0.25, 0.3) is 0 Å². The molecule has 0 aliphatic rings. The van der Waals surface area contributed by atoms with Crippen LogP contribution in [-0.2, 0) is 4.79 Å². The minimum atomic E-state index is -0.630. The first kappa shape index (κ1) is 14.5. The van der Waals surface area contributed by atoms with Crippen LogP contribution in [-0.4, -0.2) is 11.9 Å². The normalized spacial score (nSPS) is 9.76. The van der Waals surface area contributed by atoms with Crippen LogP contribution >= 0.6 is 0 Å². The summed E-state index contributed by atoms with van der Waals surface area (Å²) in [5, 5.41) is 0. The Hall–Kier alpha value is -2.88. The number of aryl methyl sites for hydroxylation is 1. The van der Waals surface area contributed by atoms with E-state index < -0.39 is 11.9 Å². The second-order valence-corrected chi connectivity index (χ2v) is 4.33. The van der Waals surface area contributed by atoms with Crippen LogP contribution < -0.4 is 9.47 Å². The summed E-state index contributed by atoms with van der Waals surface area (Å²) in [4.78, 5) is 23.5. The van der Waals surface area contributed by atoms with E-state index >= 15 is 0 Å². The smallest absolute Gasteiger partial charge is 0.347 e. The summed E-state index contributed by atoms with van der Waals surface area (Å²) < 4.78 is 10.3. The number of benzene rings is 2. The molecule has 4 nitrogen and oxygen atoms in total. The minimum absolute atomic E-state index is 0.154. The summed E-state index contributed by atoms with van der Waals surface area (Å²) in [7, 11) is 0. The molecule has 21 heavy (non-hydrogen) atoms. The monoisotopic (exact) mass is 282 g/mol. The molecule has 0 amide bonds. The first-order chi connectivity index (χ1) is 10.1. The highest BCUT2D eigenvalue weighted by atomic mass is 16.5. The van der Waals surface area contributed by atoms with Crippen molar-refractivity contribution in [3.8, 4) is 11.5 Å². The van der Waals surface area contributed by atoms with Gasteiger partial charge in [-0.3, -0.25) is 0 Å². The molecule has 0 radical (unpaired) electrons. The fraction of sp³-hybridized carbons (Fsp3) is 0.0588. The molecule has 0 N–H and O–H groups in total. The molecule has 0 bridgehead atoms. The Balaban J connectivity index is 2.27. The molecule has 2 rings (SSSR count). The molecular formula is C17H14O4. The number of esters is 2. The van der Waals surface area contributed by atoms with Gasteiger partial charge in [-0.05, 0) is 36.8 Å². The topological polar surface area (TPSA) is 52.6 Å². The van der Waals surface area contributed by atoms with Crippen LogP contribution in [0.15, 0.2) is 61.2 Å². The number of hydrogen-bond acceptors (Lipinski definition) is 4. The standard InChI is InChI=1S/C17H14O4/c1-3-16(18)21-15-11-12(2)9-10-14(15)17(19)20-13-7-5-4-6-8-13/h3-11H,1H2,2H3. The molecule has 0 aliphatic carbocycles. The maximum atomic E-state index is 12.2. The number of rotatable bonds is 4. The van der Waals surface area contributed by atoms with Crippen LogP contribution in [0.2, 0.25) is 0 Å². The average molecular weight is 282 g/mol. The lowest BCUT2D eigenvalue weighted by Crippen LogP contribution is -2.13. The SMILES string of the molecule is C=CC(=O)Oc1cc(C)ccc1C(=O)Oc1ccccc1. The van der Waals surface area contributed by atoms with Crippen LogP contribution in [0.1, 0.15) is 15.9 Å². The van der Waals surface area contributed by atoms with Gasteiger partial charge >= 0.3 is 11.9 Å². The molecule has 2 aromatic rings. The van der Waals surface area contributed by atoms with E-state index in [1.165, 1.54) is 0 Å².